The summed E-state index contributed by atoms with van der Waals surface area (Å²) < 4.78 is 0.316. The van der Waals surface area contributed by atoms with E-state index in [-0.39, 0.29) is 22.4 Å². The molecule has 2 N–H and O–H groups in total. The normalized spacial score (nSPS) is 28.9. The zero-order valence-electron chi connectivity index (χ0n) is 11.3. The fourth-order valence-electron chi connectivity index (χ4n) is 1.97. The SMILES string of the molecule is CSC1SC(C(=O)C(C)(C)C)CC1/C=C/B(O)O. The monoisotopic (exact) mass is 288 g/mol. The molecule has 18 heavy (non-hydrogen) atoms. The minimum Gasteiger partial charge on any atom is -0.424 e. The van der Waals surface area contributed by atoms with Crippen molar-refractivity contribution in [3.05, 3.63) is 12.1 Å². The molecule has 0 aromatic carbocycles. The smallest absolute Gasteiger partial charge is 0.424 e. The van der Waals surface area contributed by atoms with Crippen molar-refractivity contribution in [3.8, 4) is 0 Å². The molecule has 0 aromatic rings. The quantitative estimate of drug-likeness (QED) is 0.775. The average Bonchev–Trinajstić information content (AvgIpc) is 2.66. The van der Waals surface area contributed by atoms with Gasteiger partial charge in [0.25, 0.3) is 0 Å². The molecule has 0 bridgehead atoms. The Morgan fingerprint density at radius 3 is 2.50 bits per heavy atom. The highest BCUT2D eigenvalue weighted by Gasteiger charge is 2.40. The Bertz CT molecular complexity index is 326. The third kappa shape index (κ3) is 4.33. The first-order valence-corrected chi connectivity index (χ1v) is 8.26. The lowest BCUT2D eigenvalue weighted by Crippen LogP contribution is -2.29. The highest BCUT2D eigenvalue weighted by atomic mass is 32.2. The van der Waals surface area contributed by atoms with E-state index in [9.17, 15) is 4.79 Å². The van der Waals surface area contributed by atoms with Crippen molar-refractivity contribution in [2.24, 2.45) is 11.3 Å². The van der Waals surface area contributed by atoms with Crippen molar-refractivity contribution in [2.45, 2.75) is 37.0 Å². The number of carbonyl (C=O) groups excluding carboxylic acids is 1. The first-order valence-electron chi connectivity index (χ1n) is 6.02. The number of hydrogen-bond donors (Lipinski definition) is 2. The lowest BCUT2D eigenvalue weighted by Gasteiger charge is -2.20. The maximum Gasteiger partial charge on any atom is 0.480 e. The Kier molecular flexibility index (Phi) is 5.83. The molecule has 0 aromatic heterocycles. The number of allylic oxidation sites excluding steroid dienone is 1. The Morgan fingerprint density at radius 1 is 1.44 bits per heavy atom. The van der Waals surface area contributed by atoms with E-state index in [1.807, 2.05) is 33.1 Å². The fraction of sp³-hybridized carbons (Fsp3) is 0.750. The topological polar surface area (TPSA) is 57.5 Å². The van der Waals surface area contributed by atoms with Gasteiger partial charge in [0.1, 0.15) is 0 Å². The molecule has 0 saturated carbocycles. The van der Waals surface area contributed by atoms with Gasteiger partial charge in [-0.05, 0) is 18.6 Å². The molecule has 0 aliphatic carbocycles. The summed E-state index contributed by atoms with van der Waals surface area (Å²) >= 11 is 3.42. The van der Waals surface area contributed by atoms with Crippen LogP contribution < -0.4 is 0 Å². The fourth-order valence-corrected chi connectivity index (χ4v) is 4.91. The van der Waals surface area contributed by atoms with E-state index in [0.29, 0.717) is 4.58 Å². The van der Waals surface area contributed by atoms with E-state index in [0.717, 1.165) is 6.42 Å². The Morgan fingerprint density at radius 2 is 2.06 bits per heavy atom. The van der Waals surface area contributed by atoms with Crippen LogP contribution in [0.4, 0.5) is 0 Å². The molecule has 1 fully saturated rings. The number of carbonyl (C=O) groups is 1. The van der Waals surface area contributed by atoms with E-state index >= 15 is 0 Å². The van der Waals surface area contributed by atoms with Crippen LogP contribution in [0.2, 0.25) is 0 Å². The molecule has 0 amide bonds. The molecule has 1 rings (SSSR count). The van der Waals surface area contributed by atoms with E-state index in [1.54, 1.807) is 23.5 Å². The molecule has 3 unspecified atom stereocenters. The van der Waals surface area contributed by atoms with E-state index in [2.05, 4.69) is 0 Å². The maximum absolute atomic E-state index is 12.3. The first kappa shape index (κ1) is 16.2. The lowest BCUT2D eigenvalue weighted by molar-refractivity contribution is -0.125. The van der Waals surface area contributed by atoms with E-state index < -0.39 is 7.12 Å². The lowest BCUT2D eigenvalue weighted by atomic mass is 9.85. The molecule has 1 aliphatic heterocycles. The highest BCUT2D eigenvalue weighted by Crippen LogP contribution is 2.46. The molecule has 3 nitrogen and oxygen atoms in total. The predicted octanol–water partition coefficient (Wildman–Crippen LogP) is 1.98. The van der Waals surface area contributed by atoms with Gasteiger partial charge in [-0.3, -0.25) is 4.79 Å². The van der Waals surface area contributed by atoms with Crippen LogP contribution in [0.25, 0.3) is 0 Å². The number of thioether (sulfide) groups is 2. The van der Waals surface area contributed by atoms with Crippen molar-refractivity contribution in [1.29, 1.82) is 0 Å². The summed E-state index contributed by atoms with van der Waals surface area (Å²) in [6, 6.07) is 0. The summed E-state index contributed by atoms with van der Waals surface area (Å²) in [5.41, 5.74) is -0.310. The molecule has 1 heterocycles. The highest BCUT2D eigenvalue weighted by molar-refractivity contribution is 8.17. The maximum atomic E-state index is 12.3. The van der Waals surface area contributed by atoms with Crippen LogP contribution in [-0.2, 0) is 4.79 Å². The van der Waals surface area contributed by atoms with Crippen LogP contribution in [-0.4, -0.2) is 39.0 Å². The van der Waals surface area contributed by atoms with Gasteiger partial charge < -0.3 is 10.0 Å². The zero-order valence-corrected chi connectivity index (χ0v) is 12.9. The standard InChI is InChI=1S/C12H21BO3S2/c1-12(2,3)10(14)9-7-8(5-6-13(15)16)11(17-4)18-9/h5-6,8-9,11,15-16H,7H2,1-4H3/b6-5+. The second kappa shape index (κ2) is 6.50. The molecule has 0 spiro atoms. The number of Topliss-reactive ketones (excluding diaryl/α,β-unsaturated/α-hetero) is 1. The largest absolute Gasteiger partial charge is 0.480 e. The van der Waals surface area contributed by atoms with Crippen molar-refractivity contribution < 1.29 is 14.8 Å². The van der Waals surface area contributed by atoms with Crippen molar-refractivity contribution in [1.82, 2.24) is 0 Å². The van der Waals surface area contributed by atoms with Crippen molar-refractivity contribution in [3.63, 3.8) is 0 Å². The number of ketones is 1. The number of rotatable bonds is 4. The van der Waals surface area contributed by atoms with Crippen LogP contribution in [0.3, 0.4) is 0 Å². The first-order chi connectivity index (χ1) is 8.25. The number of hydrogen-bond acceptors (Lipinski definition) is 5. The van der Waals surface area contributed by atoms with Gasteiger partial charge in [0.05, 0.1) is 9.83 Å². The molecule has 6 heteroatoms. The molecule has 102 valence electrons. The third-order valence-corrected chi connectivity index (χ3v) is 6.01. The van der Waals surface area contributed by atoms with E-state index in [1.165, 1.54) is 5.98 Å². The van der Waals surface area contributed by atoms with Crippen LogP contribution in [0.1, 0.15) is 27.2 Å². The van der Waals surface area contributed by atoms with Crippen molar-refractivity contribution >= 4 is 36.4 Å². The van der Waals surface area contributed by atoms with Gasteiger partial charge in [0.15, 0.2) is 5.78 Å². The second-order valence-corrected chi connectivity index (χ2v) is 8.17. The molecule has 0 radical (unpaired) electrons. The Labute approximate surface area is 118 Å². The van der Waals surface area contributed by atoms with Crippen molar-refractivity contribution in [2.75, 3.05) is 6.26 Å². The van der Waals surface area contributed by atoms with Crippen LogP contribution >= 0.6 is 23.5 Å². The summed E-state index contributed by atoms with van der Waals surface area (Å²) in [5, 5.41) is 17.7. The van der Waals surface area contributed by atoms with Gasteiger partial charge in [-0.15, -0.1) is 11.8 Å². The summed E-state index contributed by atoms with van der Waals surface area (Å²) in [6.07, 6.45) is 4.64. The van der Waals surface area contributed by atoms with Gasteiger partial charge in [0, 0.05) is 5.41 Å². The Hall–Kier alpha value is 0.0949. The Balaban J connectivity index is 2.71. The summed E-state index contributed by atoms with van der Waals surface area (Å²) in [7, 11) is -1.41. The molecule has 1 saturated heterocycles. The van der Waals surface area contributed by atoms with Gasteiger partial charge in [-0.2, -0.15) is 11.8 Å². The van der Waals surface area contributed by atoms with Crippen LogP contribution in [0.15, 0.2) is 12.1 Å². The summed E-state index contributed by atoms with van der Waals surface area (Å²) in [5.74, 6) is 1.90. The molecular formula is C12H21BO3S2. The van der Waals surface area contributed by atoms with Gasteiger partial charge >= 0.3 is 7.12 Å². The van der Waals surface area contributed by atoms with Gasteiger partial charge in [0.2, 0.25) is 0 Å². The van der Waals surface area contributed by atoms with Gasteiger partial charge in [-0.1, -0.05) is 32.8 Å². The van der Waals surface area contributed by atoms with Gasteiger partial charge in [-0.25, -0.2) is 0 Å². The summed E-state index contributed by atoms with van der Waals surface area (Å²) in [6.45, 7) is 5.85. The molecular weight excluding hydrogens is 267 g/mol. The minimum absolute atomic E-state index is 0.0212. The van der Waals surface area contributed by atoms with E-state index in [4.69, 9.17) is 10.0 Å². The molecule has 1 aliphatic rings. The summed E-state index contributed by atoms with van der Waals surface area (Å²) in [4.78, 5) is 12.3. The average molecular weight is 288 g/mol. The third-order valence-electron chi connectivity index (χ3n) is 2.93. The zero-order chi connectivity index (χ0) is 13.9. The van der Waals surface area contributed by atoms with Crippen LogP contribution in [0.5, 0.6) is 0 Å². The predicted molar refractivity (Wildman–Crippen MR) is 80.6 cm³/mol. The second-order valence-electron chi connectivity index (χ2n) is 5.54. The minimum atomic E-state index is -1.41. The van der Waals surface area contributed by atoms with Crippen LogP contribution in [0, 0.1) is 11.3 Å². The molecule has 3 atom stereocenters.